The molecule has 1 aromatic heterocycles. The van der Waals surface area contributed by atoms with Gasteiger partial charge >= 0.3 is 0 Å². The third-order valence-electron chi connectivity index (χ3n) is 5.60. The predicted molar refractivity (Wildman–Crippen MR) is 120 cm³/mol. The van der Waals surface area contributed by atoms with Crippen LogP contribution in [0.5, 0.6) is 11.5 Å². The van der Waals surface area contributed by atoms with Gasteiger partial charge in [-0.3, -0.25) is 9.78 Å². The van der Waals surface area contributed by atoms with Crippen LogP contribution in [0.4, 0.5) is 11.4 Å². The van der Waals surface area contributed by atoms with Crippen LogP contribution in [0.1, 0.15) is 18.4 Å². The number of nitrogens with zero attached hydrogens (tertiary/aromatic N) is 2. The van der Waals surface area contributed by atoms with Crippen molar-refractivity contribution in [2.75, 3.05) is 32.2 Å². The highest BCUT2D eigenvalue weighted by atomic mass is 16.5. The Balaban J connectivity index is 1.58. The third-order valence-corrected chi connectivity index (χ3v) is 5.60. The summed E-state index contributed by atoms with van der Waals surface area (Å²) in [6.45, 7) is 3.11. The number of aromatic nitrogens is 1. The van der Waals surface area contributed by atoms with Gasteiger partial charge in [-0.15, -0.1) is 0 Å². The van der Waals surface area contributed by atoms with Gasteiger partial charge in [-0.25, -0.2) is 0 Å². The molecule has 1 atom stereocenters. The number of anilines is 2. The number of ether oxygens (including phenoxy) is 2. The molecule has 7 nitrogen and oxygen atoms in total. The first-order valence-electron chi connectivity index (χ1n) is 10.4. The van der Waals surface area contributed by atoms with Gasteiger partial charge < -0.3 is 24.8 Å². The molecule has 1 aliphatic rings. The highest BCUT2D eigenvalue weighted by Gasteiger charge is 2.29. The number of rotatable bonds is 7. The minimum atomic E-state index is -0.00163. The lowest BCUT2D eigenvalue weighted by Crippen LogP contribution is -2.40. The average Bonchev–Trinajstić information content (AvgIpc) is 3.24. The molecule has 162 valence electrons. The van der Waals surface area contributed by atoms with E-state index in [4.69, 9.17) is 9.47 Å². The van der Waals surface area contributed by atoms with Crippen LogP contribution in [0.3, 0.4) is 0 Å². The lowest BCUT2D eigenvalue weighted by molar-refractivity contribution is -0.136. The molecule has 1 aliphatic heterocycles. The van der Waals surface area contributed by atoms with E-state index in [1.54, 1.807) is 12.3 Å². The van der Waals surface area contributed by atoms with Gasteiger partial charge in [0.2, 0.25) is 5.91 Å². The van der Waals surface area contributed by atoms with E-state index in [2.05, 4.69) is 10.3 Å². The summed E-state index contributed by atoms with van der Waals surface area (Å²) in [5, 5.41) is 14.1. The van der Waals surface area contributed by atoms with E-state index in [-0.39, 0.29) is 24.3 Å². The number of hydrogen-bond acceptors (Lipinski definition) is 6. The molecule has 31 heavy (non-hydrogen) atoms. The van der Waals surface area contributed by atoms with Crippen molar-refractivity contribution in [3.8, 4) is 11.5 Å². The van der Waals surface area contributed by atoms with Crippen molar-refractivity contribution in [2.45, 2.75) is 25.8 Å². The number of benzene rings is 2. The Morgan fingerprint density at radius 2 is 2.16 bits per heavy atom. The molecule has 0 spiro atoms. The van der Waals surface area contributed by atoms with E-state index in [1.807, 2.05) is 48.2 Å². The van der Waals surface area contributed by atoms with E-state index in [0.717, 1.165) is 53.0 Å². The number of aromatic hydroxyl groups is 1. The smallest absolute Gasteiger partial charge is 0.248 e. The molecular formula is C24H27N3O4. The molecule has 0 unspecified atom stereocenters. The monoisotopic (exact) mass is 421 g/mol. The molecule has 0 saturated carbocycles. The van der Waals surface area contributed by atoms with Gasteiger partial charge in [0.05, 0.1) is 22.6 Å². The molecule has 3 aromatic rings. The fourth-order valence-electron chi connectivity index (χ4n) is 4.02. The van der Waals surface area contributed by atoms with Crippen LogP contribution in [0.15, 0.2) is 48.7 Å². The summed E-state index contributed by atoms with van der Waals surface area (Å²) >= 11 is 0. The highest BCUT2D eigenvalue weighted by Crippen LogP contribution is 2.34. The Bertz CT molecular complexity index is 1080. The summed E-state index contributed by atoms with van der Waals surface area (Å²) in [6, 6.07) is 13.1. The summed E-state index contributed by atoms with van der Waals surface area (Å²) in [5.41, 5.74) is 3.34. The number of likely N-dealkylation sites (tertiary alicyclic amines) is 1. The van der Waals surface area contributed by atoms with Crippen LogP contribution in [0, 0.1) is 6.92 Å². The minimum absolute atomic E-state index is 0.00163. The Morgan fingerprint density at radius 1 is 1.29 bits per heavy atom. The van der Waals surface area contributed by atoms with Crippen LogP contribution in [-0.2, 0) is 9.53 Å². The predicted octanol–water partition coefficient (Wildman–Crippen LogP) is 4.01. The van der Waals surface area contributed by atoms with Crippen molar-refractivity contribution in [1.29, 1.82) is 0 Å². The lowest BCUT2D eigenvalue weighted by atomic mass is 10.1. The second kappa shape index (κ2) is 9.22. The van der Waals surface area contributed by atoms with Crippen molar-refractivity contribution < 1.29 is 19.4 Å². The molecule has 1 amide bonds. The summed E-state index contributed by atoms with van der Waals surface area (Å²) in [4.78, 5) is 18.6. The number of carbonyl (C=O) groups excluding carboxylic acids is 1. The second-order valence-electron chi connectivity index (χ2n) is 7.76. The quantitative estimate of drug-likeness (QED) is 0.561. The Kier molecular flexibility index (Phi) is 6.23. The van der Waals surface area contributed by atoms with Gasteiger partial charge in [0.1, 0.15) is 24.7 Å². The fraction of sp³-hybridized carbons (Fsp3) is 0.333. The number of hydrogen-bond donors (Lipinski definition) is 2. The second-order valence-corrected chi connectivity index (χ2v) is 7.76. The van der Waals surface area contributed by atoms with Crippen molar-refractivity contribution in [1.82, 2.24) is 9.88 Å². The Hall–Kier alpha value is -3.32. The molecule has 4 rings (SSSR count). The van der Waals surface area contributed by atoms with E-state index >= 15 is 0 Å². The number of amides is 1. The Labute approximate surface area is 181 Å². The highest BCUT2D eigenvalue weighted by molar-refractivity contribution is 5.97. The number of fused-ring (bicyclic) bond motifs is 1. The zero-order valence-corrected chi connectivity index (χ0v) is 17.8. The minimum Gasteiger partial charge on any atom is -0.508 e. The molecule has 2 aromatic carbocycles. The normalized spacial score (nSPS) is 15.9. The first-order valence-corrected chi connectivity index (χ1v) is 10.4. The number of carbonyl (C=O) groups is 1. The Morgan fingerprint density at radius 3 is 2.97 bits per heavy atom. The van der Waals surface area contributed by atoms with Crippen LogP contribution in [-0.4, -0.2) is 53.8 Å². The maximum Gasteiger partial charge on any atom is 0.248 e. The van der Waals surface area contributed by atoms with E-state index < -0.39 is 0 Å². The van der Waals surface area contributed by atoms with Crippen LogP contribution < -0.4 is 10.1 Å². The first-order chi connectivity index (χ1) is 15.1. The maximum absolute atomic E-state index is 12.3. The number of nitrogens with one attached hydrogen (secondary N) is 1. The molecule has 2 heterocycles. The first kappa shape index (κ1) is 20.9. The van der Waals surface area contributed by atoms with Gasteiger partial charge in [-0.1, -0.05) is 6.07 Å². The summed E-state index contributed by atoms with van der Waals surface area (Å²) in [5.74, 6) is 0.978. The van der Waals surface area contributed by atoms with Gasteiger partial charge in [-0.05, 0) is 61.7 Å². The maximum atomic E-state index is 12.3. The molecule has 7 heteroatoms. The topological polar surface area (TPSA) is 83.9 Å². The summed E-state index contributed by atoms with van der Waals surface area (Å²) in [7, 11) is 1.53. The lowest BCUT2D eigenvalue weighted by Gasteiger charge is -2.25. The zero-order valence-electron chi connectivity index (χ0n) is 17.8. The van der Waals surface area contributed by atoms with Crippen LogP contribution in [0.2, 0.25) is 0 Å². The van der Waals surface area contributed by atoms with E-state index in [0.29, 0.717) is 6.61 Å². The SMILES string of the molecule is COCC(=O)N1CCC[C@@H]1COc1cccc2nccc(Nc3ccc(O)c(C)c3)c12. The van der Waals surface area contributed by atoms with Gasteiger partial charge in [0.15, 0.2) is 0 Å². The van der Waals surface area contributed by atoms with Crippen molar-refractivity contribution >= 4 is 28.2 Å². The molecule has 2 N–H and O–H groups in total. The summed E-state index contributed by atoms with van der Waals surface area (Å²) in [6.07, 6.45) is 3.63. The molecule has 0 radical (unpaired) electrons. The standard InChI is InChI=1S/C24H27N3O4/c1-16-13-17(8-9-21(16)28)26-20-10-11-25-19-6-3-7-22(24(19)20)31-14-18-5-4-12-27(18)23(29)15-30-2/h3,6-11,13,18,28H,4-5,12,14-15H2,1-2H3,(H,25,26)/t18-/m1/s1. The van der Waals surface area contributed by atoms with Gasteiger partial charge in [0.25, 0.3) is 0 Å². The number of phenolic OH excluding ortho intramolecular Hbond substituents is 1. The van der Waals surface area contributed by atoms with Crippen LogP contribution in [0.25, 0.3) is 10.9 Å². The molecule has 1 saturated heterocycles. The number of methoxy groups -OCH3 is 1. The summed E-state index contributed by atoms with van der Waals surface area (Å²) < 4.78 is 11.2. The van der Waals surface area contributed by atoms with Gasteiger partial charge in [0, 0.05) is 25.5 Å². The van der Waals surface area contributed by atoms with Crippen molar-refractivity contribution in [3.05, 3.63) is 54.2 Å². The number of pyridine rings is 1. The largest absolute Gasteiger partial charge is 0.508 e. The third kappa shape index (κ3) is 4.56. The molecule has 0 aliphatic carbocycles. The van der Waals surface area contributed by atoms with E-state index in [1.165, 1.54) is 7.11 Å². The number of aryl methyl sites for hydroxylation is 1. The van der Waals surface area contributed by atoms with E-state index in [9.17, 15) is 9.90 Å². The molecule has 1 fully saturated rings. The van der Waals surface area contributed by atoms with Crippen molar-refractivity contribution in [2.24, 2.45) is 0 Å². The molecular weight excluding hydrogens is 394 g/mol. The van der Waals surface area contributed by atoms with Crippen LogP contribution >= 0.6 is 0 Å². The van der Waals surface area contributed by atoms with Gasteiger partial charge in [-0.2, -0.15) is 0 Å². The fourth-order valence-corrected chi connectivity index (χ4v) is 4.02. The number of phenols is 1. The average molecular weight is 421 g/mol. The molecule has 0 bridgehead atoms. The van der Waals surface area contributed by atoms with Crippen molar-refractivity contribution in [3.63, 3.8) is 0 Å². The zero-order chi connectivity index (χ0) is 21.8.